The van der Waals surface area contributed by atoms with Crippen LogP contribution in [0.3, 0.4) is 0 Å². The standard InChI is InChI=1S/C17H21Br3N4/c18-12-11-5-3-10-24-16(11)15(14(20)13(12)19)22-17(24)21-6-4-9-23-7-1-2-8-23/h1-10H2,(H,21,22). The van der Waals surface area contributed by atoms with Gasteiger partial charge in [-0.25, -0.2) is 4.98 Å². The predicted molar refractivity (Wildman–Crippen MR) is 110 cm³/mol. The third kappa shape index (κ3) is 3.06. The lowest BCUT2D eigenvalue weighted by atomic mass is 10.0. The zero-order valence-electron chi connectivity index (χ0n) is 13.5. The molecule has 1 fully saturated rings. The van der Waals surface area contributed by atoms with Crippen LogP contribution in [0.4, 0.5) is 5.95 Å². The normalized spacial score (nSPS) is 17.8. The molecule has 1 aromatic carbocycles. The van der Waals surface area contributed by atoms with Crippen LogP contribution >= 0.6 is 47.8 Å². The minimum Gasteiger partial charge on any atom is -0.356 e. The maximum Gasteiger partial charge on any atom is 0.203 e. The van der Waals surface area contributed by atoms with Crippen molar-refractivity contribution in [1.29, 1.82) is 0 Å². The first-order valence-corrected chi connectivity index (χ1v) is 11.1. The van der Waals surface area contributed by atoms with E-state index in [-0.39, 0.29) is 0 Å². The monoisotopic (exact) mass is 518 g/mol. The van der Waals surface area contributed by atoms with Gasteiger partial charge in [-0.1, -0.05) is 0 Å². The van der Waals surface area contributed by atoms with E-state index < -0.39 is 0 Å². The molecule has 0 spiro atoms. The summed E-state index contributed by atoms with van der Waals surface area (Å²) in [5.74, 6) is 1.01. The Kier molecular flexibility index (Phi) is 5.23. The number of imidazole rings is 1. The van der Waals surface area contributed by atoms with Gasteiger partial charge in [0, 0.05) is 22.0 Å². The number of nitrogens with one attached hydrogen (secondary N) is 1. The van der Waals surface area contributed by atoms with Gasteiger partial charge in [0.1, 0.15) is 5.52 Å². The highest BCUT2D eigenvalue weighted by molar-refractivity contribution is 9.14. The summed E-state index contributed by atoms with van der Waals surface area (Å²) in [7, 11) is 0. The highest BCUT2D eigenvalue weighted by atomic mass is 79.9. The molecule has 1 N–H and O–H groups in total. The van der Waals surface area contributed by atoms with Crippen molar-refractivity contribution < 1.29 is 0 Å². The third-order valence-corrected chi connectivity index (χ3v) is 8.56. The molecular weight excluding hydrogens is 500 g/mol. The molecule has 4 nitrogen and oxygen atoms in total. The van der Waals surface area contributed by atoms with Gasteiger partial charge in [0.15, 0.2) is 0 Å². The van der Waals surface area contributed by atoms with Gasteiger partial charge in [0.05, 0.1) is 9.99 Å². The fraction of sp³-hybridized carbons (Fsp3) is 0.588. The van der Waals surface area contributed by atoms with Crippen molar-refractivity contribution in [1.82, 2.24) is 14.5 Å². The molecule has 0 unspecified atom stereocenters. The van der Waals surface area contributed by atoms with E-state index in [1.807, 2.05) is 0 Å². The zero-order valence-corrected chi connectivity index (χ0v) is 18.3. The largest absolute Gasteiger partial charge is 0.356 e. The van der Waals surface area contributed by atoms with Crippen molar-refractivity contribution in [2.75, 3.05) is 31.5 Å². The van der Waals surface area contributed by atoms with Crippen LogP contribution in [0.1, 0.15) is 31.2 Å². The predicted octanol–water partition coefficient (Wildman–Crippen LogP) is 5.17. The smallest absolute Gasteiger partial charge is 0.203 e. The van der Waals surface area contributed by atoms with Crippen LogP contribution in [0.2, 0.25) is 0 Å². The molecular formula is C17H21Br3N4. The fourth-order valence-electron chi connectivity index (χ4n) is 3.85. The van der Waals surface area contributed by atoms with E-state index in [1.165, 1.54) is 50.0 Å². The van der Waals surface area contributed by atoms with E-state index in [4.69, 9.17) is 4.98 Å². The second-order valence-corrected chi connectivity index (χ2v) is 9.02. The van der Waals surface area contributed by atoms with Crippen LogP contribution in [-0.2, 0) is 13.0 Å². The van der Waals surface area contributed by atoms with E-state index in [0.29, 0.717) is 0 Å². The lowest BCUT2D eigenvalue weighted by Crippen LogP contribution is -2.23. The molecule has 3 heterocycles. The zero-order chi connectivity index (χ0) is 16.7. The van der Waals surface area contributed by atoms with E-state index in [1.54, 1.807) is 0 Å². The lowest BCUT2D eigenvalue weighted by Gasteiger charge is -2.19. The number of likely N-dealkylation sites (tertiary alicyclic amines) is 1. The Balaban J connectivity index is 1.56. The maximum absolute atomic E-state index is 4.90. The van der Waals surface area contributed by atoms with E-state index in [2.05, 4.69) is 62.6 Å². The Bertz CT molecular complexity index is 765. The highest BCUT2D eigenvalue weighted by Gasteiger charge is 2.24. The minimum atomic E-state index is 0.981. The van der Waals surface area contributed by atoms with Gasteiger partial charge in [-0.3, -0.25) is 0 Å². The number of aryl methyl sites for hydroxylation is 2. The second kappa shape index (κ2) is 7.25. The molecule has 0 saturated carbocycles. The number of halogens is 3. The summed E-state index contributed by atoms with van der Waals surface area (Å²) in [5.41, 5.74) is 3.69. The Morgan fingerprint density at radius 1 is 0.958 bits per heavy atom. The lowest BCUT2D eigenvalue weighted by molar-refractivity contribution is 0.337. The fourth-order valence-corrected chi connectivity index (χ4v) is 5.60. The van der Waals surface area contributed by atoms with Crippen molar-refractivity contribution in [3.63, 3.8) is 0 Å². The number of nitrogens with zero attached hydrogens (tertiary/aromatic N) is 3. The molecule has 1 aromatic heterocycles. The van der Waals surface area contributed by atoms with Crippen molar-refractivity contribution in [3.05, 3.63) is 19.0 Å². The first-order chi connectivity index (χ1) is 11.7. The number of benzene rings is 1. The summed E-state index contributed by atoms with van der Waals surface area (Å²) < 4.78 is 5.61. The second-order valence-electron chi connectivity index (χ2n) is 6.64. The minimum absolute atomic E-state index is 0.981. The Morgan fingerprint density at radius 3 is 2.54 bits per heavy atom. The van der Waals surface area contributed by atoms with E-state index in [9.17, 15) is 0 Å². The summed E-state index contributed by atoms with van der Waals surface area (Å²) in [6.07, 6.45) is 6.16. The van der Waals surface area contributed by atoms with Crippen LogP contribution in [0, 0.1) is 0 Å². The van der Waals surface area contributed by atoms with Crippen LogP contribution in [0.5, 0.6) is 0 Å². The van der Waals surface area contributed by atoms with Gasteiger partial charge >= 0.3 is 0 Å². The van der Waals surface area contributed by atoms with Gasteiger partial charge in [-0.05, 0) is 105 Å². The number of aromatic nitrogens is 2. The Morgan fingerprint density at radius 2 is 1.75 bits per heavy atom. The van der Waals surface area contributed by atoms with Crippen LogP contribution in [0.25, 0.3) is 11.0 Å². The molecule has 0 aliphatic carbocycles. The summed E-state index contributed by atoms with van der Waals surface area (Å²) in [5, 5.41) is 3.58. The van der Waals surface area contributed by atoms with Crippen LogP contribution in [0.15, 0.2) is 13.4 Å². The average molecular weight is 521 g/mol. The van der Waals surface area contributed by atoms with Gasteiger partial charge in [0.2, 0.25) is 5.95 Å². The van der Waals surface area contributed by atoms with Gasteiger partial charge in [-0.15, -0.1) is 0 Å². The molecule has 24 heavy (non-hydrogen) atoms. The topological polar surface area (TPSA) is 33.1 Å². The van der Waals surface area contributed by atoms with Gasteiger partial charge in [-0.2, -0.15) is 0 Å². The summed E-state index contributed by atoms with van der Waals surface area (Å²) >= 11 is 11.1. The third-order valence-electron chi connectivity index (χ3n) is 5.05. The molecule has 1 saturated heterocycles. The molecule has 2 aliphatic rings. The van der Waals surface area contributed by atoms with Crippen molar-refractivity contribution in [2.45, 2.75) is 38.6 Å². The SMILES string of the molecule is Brc1c(Br)c2c3c(nc(NCCCN4CCCC4)n3CCC2)c1Br. The highest BCUT2D eigenvalue weighted by Crippen LogP contribution is 2.43. The quantitative estimate of drug-likeness (QED) is 0.436. The van der Waals surface area contributed by atoms with Gasteiger partial charge in [0.25, 0.3) is 0 Å². The molecule has 7 heteroatoms. The number of hydrogen-bond donors (Lipinski definition) is 1. The molecule has 0 amide bonds. The summed E-state index contributed by atoms with van der Waals surface area (Å²) in [4.78, 5) is 7.46. The Labute approximate surface area is 167 Å². The van der Waals surface area contributed by atoms with Crippen LogP contribution < -0.4 is 5.32 Å². The van der Waals surface area contributed by atoms with Gasteiger partial charge < -0.3 is 14.8 Å². The maximum atomic E-state index is 4.90. The first-order valence-electron chi connectivity index (χ1n) is 8.68. The van der Waals surface area contributed by atoms with Crippen molar-refractivity contribution in [3.8, 4) is 0 Å². The van der Waals surface area contributed by atoms with E-state index in [0.717, 1.165) is 50.8 Å². The molecule has 0 atom stereocenters. The van der Waals surface area contributed by atoms with Crippen LogP contribution in [-0.4, -0.2) is 40.6 Å². The first kappa shape index (κ1) is 17.3. The molecule has 0 bridgehead atoms. The molecule has 130 valence electrons. The number of anilines is 1. The molecule has 4 rings (SSSR count). The number of rotatable bonds is 5. The number of hydrogen-bond acceptors (Lipinski definition) is 3. The summed E-state index contributed by atoms with van der Waals surface area (Å²) in [6.45, 7) is 5.76. The Hall–Kier alpha value is -0.110. The summed E-state index contributed by atoms with van der Waals surface area (Å²) in [6, 6.07) is 0. The molecule has 2 aromatic rings. The molecule has 2 aliphatic heterocycles. The van der Waals surface area contributed by atoms with Crippen molar-refractivity contribution >= 4 is 64.8 Å². The average Bonchev–Trinajstić information content (AvgIpc) is 3.23. The van der Waals surface area contributed by atoms with E-state index >= 15 is 0 Å². The van der Waals surface area contributed by atoms with Crippen molar-refractivity contribution in [2.24, 2.45) is 0 Å². The molecule has 0 radical (unpaired) electrons.